The summed E-state index contributed by atoms with van der Waals surface area (Å²) in [5.41, 5.74) is 1.06. The maximum absolute atomic E-state index is 12.3. The first kappa shape index (κ1) is 15.1. The molecule has 0 aliphatic carbocycles. The first-order valence-electron chi connectivity index (χ1n) is 7.10. The van der Waals surface area contributed by atoms with Gasteiger partial charge in [-0.2, -0.15) is 4.68 Å². The molecule has 10 heteroatoms. The second-order valence-electron chi connectivity index (χ2n) is 5.03. The van der Waals surface area contributed by atoms with Crippen molar-refractivity contribution in [3.8, 4) is 5.69 Å². The van der Waals surface area contributed by atoms with Crippen LogP contribution in [0.15, 0.2) is 42.0 Å². The highest BCUT2D eigenvalue weighted by molar-refractivity contribution is 7.12. The molecule has 0 atom stereocenters. The smallest absolute Gasteiger partial charge is 0.352 e. The van der Waals surface area contributed by atoms with E-state index in [4.69, 9.17) is 4.74 Å². The van der Waals surface area contributed by atoms with Gasteiger partial charge < -0.3 is 4.74 Å². The molecule has 1 aliphatic heterocycles. The normalized spacial score (nSPS) is 13.2. The average Bonchev–Trinajstić information content (AvgIpc) is 3.35. The first-order chi connectivity index (χ1) is 12.2. The van der Waals surface area contributed by atoms with Crippen LogP contribution in [0.1, 0.15) is 30.4 Å². The van der Waals surface area contributed by atoms with Gasteiger partial charge in [0.2, 0.25) is 0 Å². The number of thiophene rings is 1. The van der Waals surface area contributed by atoms with E-state index >= 15 is 0 Å². The van der Waals surface area contributed by atoms with Crippen LogP contribution in [0.4, 0.5) is 0 Å². The van der Waals surface area contributed by atoms with Gasteiger partial charge in [0.05, 0.1) is 16.8 Å². The lowest BCUT2D eigenvalue weighted by molar-refractivity contribution is 0.0232. The third-order valence-electron chi connectivity index (χ3n) is 3.63. The van der Waals surface area contributed by atoms with Crippen LogP contribution < -0.4 is 0 Å². The predicted octanol–water partition coefficient (Wildman–Crippen LogP) is 1.13. The summed E-state index contributed by atoms with van der Waals surface area (Å²) in [6.45, 7) is -0.460. The summed E-state index contributed by atoms with van der Waals surface area (Å²) in [6, 6.07) is 8.13. The van der Waals surface area contributed by atoms with E-state index in [1.165, 1.54) is 11.0 Å². The number of imide groups is 1. The van der Waals surface area contributed by atoms with Crippen molar-refractivity contribution in [3.63, 3.8) is 0 Å². The fourth-order valence-corrected chi connectivity index (χ4v) is 3.22. The van der Waals surface area contributed by atoms with Crippen molar-refractivity contribution < 1.29 is 19.1 Å². The molecule has 4 rings (SSSR count). The summed E-state index contributed by atoms with van der Waals surface area (Å²) in [5, 5.41) is 12.5. The highest BCUT2D eigenvalue weighted by atomic mass is 32.1. The third-order valence-corrected chi connectivity index (χ3v) is 4.51. The van der Waals surface area contributed by atoms with E-state index in [9.17, 15) is 14.4 Å². The summed E-state index contributed by atoms with van der Waals surface area (Å²) in [6.07, 6.45) is 1.35. The monoisotopic (exact) mass is 355 g/mol. The topological polar surface area (TPSA) is 107 Å². The minimum absolute atomic E-state index is 0.268. The fraction of sp³-hybridized carbons (Fsp3) is 0.0667. The molecule has 2 aromatic heterocycles. The molecule has 3 aromatic rings. The van der Waals surface area contributed by atoms with Crippen molar-refractivity contribution in [2.45, 2.75) is 0 Å². The minimum atomic E-state index is -0.669. The van der Waals surface area contributed by atoms with Gasteiger partial charge in [-0.1, -0.05) is 12.1 Å². The molecule has 3 heterocycles. The second kappa shape index (κ2) is 5.91. The van der Waals surface area contributed by atoms with Gasteiger partial charge in [0.1, 0.15) is 11.2 Å². The van der Waals surface area contributed by atoms with E-state index in [0.29, 0.717) is 16.8 Å². The zero-order chi connectivity index (χ0) is 17.4. The van der Waals surface area contributed by atoms with Gasteiger partial charge in [0.25, 0.3) is 11.8 Å². The van der Waals surface area contributed by atoms with Crippen molar-refractivity contribution in [1.29, 1.82) is 0 Å². The molecule has 0 spiro atoms. The molecule has 0 N–H and O–H groups in total. The summed E-state index contributed by atoms with van der Waals surface area (Å²) < 4.78 is 6.48. The Morgan fingerprint density at radius 3 is 2.48 bits per heavy atom. The number of ether oxygens (including phenoxy) is 1. The highest BCUT2D eigenvalue weighted by Crippen LogP contribution is 2.24. The number of carbonyl (C=O) groups excluding carboxylic acids is 3. The minimum Gasteiger partial charge on any atom is -0.439 e. The number of benzene rings is 1. The van der Waals surface area contributed by atoms with Gasteiger partial charge in [-0.25, -0.2) is 9.69 Å². The lowest BCUT2D eigenvalue weighted by Gasteiger charge is -2.13. The van der Waals surface area contributed by atoms with Crippen LogP contribution in [0.5, 0.6) is 0 Å². The summed E-state index contributed by atoms with van der Waals surface area (Å²) in [7, 11) is 0. The van der Waals surface area contributed by atoms with Crippen molar-refractivity contribution >= 4 is 29.1 Å². The van der Waals surface area contributed by atoms with Crippen LogP contribution in [0.3, 0.4) is 0 Å². The maximum atomic E-state index is 12.3. The van der Waals surface area contributed by atoms with Crippen LogP contribution in [0.2, 0.25) is 0 Å². The molecule has 0 saturated heterocycles. The molecular formula is C15H9N5O4S. The Hall–Kier alpha value is -3.40. The zero-order valence-electron chi connectivity index (χ0n) is 12.5. The molecule has 9 nitrogen and oxygen atoms in total. The molecule has 1 aliphatic rings. The van der Waals surface area contributed by atoms with Gasteiger partial charge in [-0.15, -0.1) is 16.4 Å². The number of aromatic nitrogens is 4. The predicted molar refractivity (Wildman–Crippen MR) is 84.3 cm³/mol. The van der Waals surface area contributed by atoms with Crippen LogP contribution in [-0.2, 0) is 4.74 Å². The lowest BCUT2D eigenvalue weighted by atomic mass is 10.1. The number of tetrazole rings is 1. The molecule has 0 bridgehead atoms. The van der Waals surface area contributed by atoms with Crippen molar-refractivity contribution in [2.75, 3.05) is 6.73 Å². The molecule has 0 radical (unpaired) electrons. The average molecular weight is 355 g/mol. The SMILES string of the molecule is O=C(OCN1C(=O)c2ccccc2C1=O)c1sccc1-n1cnnn1. The van der Waals surface area contributed by atoms with Gasteiger partial charge in [-0.3, -0.25) is 9.59 Å². The first-order valence-corrected chi connectivity index (χ1v) is 7.98. The van der Waals surface area contributed by atoms with E-state index in [1.807, 2.05) is 0 Å². The van der Waals surface area contributed by atoms with Crippen molar-refractivity contribution in [3.05, 3.63) is 58.0 Å². The van der Waals surface area contributed by atoms with Crippen molar-refractivity contribution in [2.24, 2.45) is 0 Å². The van der Waals surface area contributed by atoms with Crippen molar-refractivity contribution in [1.82, 2.24) is 25.1 Å². The number of hydrogen-bond donors (Lipinski definition) is 0. The Kier molecular flexibility index (Phi) is 3.58. The molecule has 2 amide bonds. The van der Waals surface area contributed by atoms with E-state index in [-0.39, 0.29) is 4.88 Å². The van der Waals surface area contributed by atoms with E-state index in [1.54, 1.807) is 35.7 Å². The molecule has 1 aromatic carbocycles. The van der Waals surface area contributed by atoms with Crippen LogP contribution >= 0.6 is 11.3 Å². The Labute approximate surface area is 144 Å². The van der Waals surface area contributed by atoms with Crippen LogP contribution in [0, 0.1) is 0 Å². The molecule has 0 saturated carbocycles. The Balaban J connectivity index is 1.50. The van der Waals surface area contributed by atoms with Gasteiger partial charge in [0, 0.05) is 0 Å². The Morgan fingerprint density at radius 2 is 1.84 bits per heavy atom. The van der Waals surface area contributed by atoms with Gasteiger partial charge >= 0.3 is 5.97 Å². The molecule has 0 fully saturated rings. The second-order valence-corrected chi connectivity index (χ2v) is 5.95. The van der Waals surface area contributed by atoms with Crippen LogP contribution in [0.25, 0.3) is 5.69 Å². The largest absolute Gasteiger partial charge is 0.439 e. The molecule has 25 heavy (non-hydrogen) atoms. The fourth-order valence-electron chi connectivity index (χ4n) is 2.45. The number of hydrogen-bond acceptors (Lipinski definition) is 8. The number of carbonyl (C=O) groups is 3. The number of rotatable bonds is 4. The third kappa shape index (κ3) is 2.48. The standard InChI is InChI=1S/C15H9N5O4S/c21-13-9-3-1-2-4-10(9)14(22)19(13)8-24-15(23)12-11(5-6-25-12)20-7-16-17-18-20/h1-7H,8H2. The van der Waals surface area contributed by atoms with E-state index in [0.717, 1.165) is 16.2 Å². The maximum Gasteiger partial charge on any atom is 0.352 e. The molecular weight excluding hydrogens is 346 g/mol. The van der Waals surface area contributed by atoms with E-state index in [2.05, 4.69) is 15.5 Å². The lowest BCUT2D eigenvalue weighted by Crippen LogP contribution is -2.33. The van der Waals surface area contributed by atoms with Gasteiger partial charge in [-0.05, 0) is 34.0 Å². The zero-order valence-corrected chi connectivity index (χ0v) is 13.3. The quantitative estimate of drug-likeness (QED) is 0.510. The summed E-state index contributed by atoms with van der Waals surface area (Å²) >= 11 is 1.15. The van der Waals surface area contributed by atoms with Gasteiger partial charge in [0.15, 0.2) is 6.73 Å². The Bertz CT molecular complexity index is 946. The summed E-state index contributed by atoms with van der Waals surface area (Å²) in [4.78, 5) is 38.0. The number of fused-ring (bicyclic) bond motifs is 1. The summed E-state index contributed by atoms with van der Waals surface area (Å²) in [5.74, 6) is -1.64. The number of nitrogens with zero attached hydrogens (tertiary/aromatic N) is 5. The van der Waals surface area contributed by atoms with E-state index < -0.39 is 24.5 Å². The number of amides is 2. The molecule has 124 valence electrons. The number of esters is 1. The van der Waals surface area contributed by atoms with Crippen LogP contribution in [-0.4, -0.2) is 49.6 Å². The Morgan fingerprint density at radius 1 is 1.12 bits per heavy atom. The highest BCUT2D eigenvalue weighted by Gasteiger charge is 2.36. The molecule has 0 unspecified atom stereocenters.